The fourth-order valence-corrected chi connectivity index (χ4v) is 2.24. The number of furan rings is 1. The van der Waals surface area contributed by atoms with Gasteiger partial charge in [-0.15, -0.1) is 0 Å². The molecule has 0 saturated carbocycles. The van der Waals surface area contributed by atoms with Gasteiger partial charge in [-0.25, -0.2) is 9.59 Å². The van der Waals surface area contributed by atoms with Crippen LogP contribution in [0.1, 0.15) is 11.3 Å². The van der Waals surface area contributed by atoms with Crippen LogP contribution in [0.4, 0.5) is 13.2 Å². The predicted octanol–water partition coefficient (Wildman–Crippen LogP) is 4.35. The van der Waals surface area contributed by atoms with Crippen LogP contribution in [0.15, 0.2) is 40.3 Å². The molecule has 0 aliphatic heterocycles. The lowest BCUT2D eigenvalue weighted by atomic mass is 10.1. The third-order valence-corrected chi connectivity index (χ3v) is 3.61. The van der Waals surface area contributed by atoms with E-state index >= 15 is 0 Å². The van der Waals surface area contributed by atoms with Gasteiger partial charge in [0, 0.05) is 11.6 Å². The van der Waals surface area contributed by atoms with E-state index in [9.17, 15) is 22.8 Å². The first-order chi connectivity index (χ1) is 12.2. The fourth-order valence-electron chi connectivity index (χ4n) is 2.03. The molecule has 0 spiro atoms. The molecule has 0 fully saturated rings. The van der Waals surface area contributed by atoms with Crippen molar-refractivity contribution in [2.75, 3.05) is 14.2 Å². The molecule has 2 rings (SSSR count). The van der Waals surface area contributed by atoms with E-state index in [1.165, 1.54) is 12.1 Å². The number of benzene rings is 1. The summed E-state index contributed by atoms with van der Waals surface area (Å²) >= 11 is 5.95. The molecule has 2 aromatic rings. The summed E-state index contributed by atoms with van der Waals surface area (Å²) in [5.41, 5.74) is -1.32. The highest BCUT2D eigenvalue weighted by Gasteiger charge is 2.31. The second kappa shape index (κ2) is 7.65. The summed E-state index contributed by atoms with van der Waals surface area (Å²) in [5, 5.41) is 0.0454. The van der Waals surface area contributed by atoms with Gasteiger partial charge in [-0.1, -0.05) is 11.6 Å². The van der Waals surface area contributed by atoms with Gasteiger partial charge in [0.15, 0.2) is 0 Å². The van der Waals surface area contributed by atoms with Crippen LogP contribution in [-0.4, -0.2) is 26.2 Å². The molecule has 5 nitrogen and oxygen atoms in total. The lowest BCUT2D eigenvalue weighted by Gasteiger charge is -2.09. The molecule has 138 valence electrons. The summed E-state index contributed by atoms with van der Waals surface area (Å²) in [7, 11) is 2.16. The predicted molar refractivity (Wildman–Crippen MR) is 86.2 cm³/mol. The molecule has 1 aromatic heterocycles. The molecule has 0 N–H and O–H groups in total. The fraction of sp³-hybridized carbons (Fsp3) is 0.176. The molecule has 0 aliphatic rings. The van der Waals surface area contributed by atoms with Crippen LogP contribution in [0.3, 0.4) is 0 Å². The van der Waals surface area contributed by atoms with Crippen molar-refractivity contribution in [2.24, 2.45) is 0 Å². The molecule has 26 heavy (non-hydrogen) atoms. The van der Waals surface area contributed by atoms with Crippen LogP contribution < -0.4 is 0 Å². The van der Waals surface area contributed by atoms with Crippen molar-refractivity contribution in [2.45, 2.75) is 6.18 Å². The average molecular weight is 389 g/mol. The maximum atomic E-state index is 12.9. The molecule has 1 heterocycles. The second-order valence-corrected chi connectivity index (χ2v) is 5.34. The lowest BCUT2D eigenvalue weighted by Crippen LogP contribution is -2.15. The van der Waals surface area contributed by atoms with Crippen molar-refractivity contribution in [3.05, 3.63) is 52.3 Å². The number of methoxy groups -OCH3 is 2. The van der Waals surface area contributed by atoms with Crippen LogP contribution in [-0.2, 0) is 25.2 Å². The monoisotopic (exact) mass is 388 g/mol. The first-order valence-electron chi connectivity index (χ1n) is 7.02. The third kappa shape index (κ3) is 4.26. The van der Waals surface area contributed by atoms with Gasteiger partial charge in [-0.3, -0.25) is 0 Å². The van der Waals surface area contributed by atoms with Crippen LogP contribution in [0.25, 0.3) is 17.4 Å². The van der Waals surface area contributed by atoms with Crippen LogP contribution >= 0.6 is 11.6 Å². The maximum Gasteiger partial charge on any atom is 0.416 e. The van der Waals surface area contributed by atoms with Crippen LogP contribution in [0, 0.1) is 0 Å². The number of hydrogen-bond donors (Lipinski definition) is 0. The number of carbonyl (C=O) groups excluding carboxylic acids is 2. The minimum atomic E-state index is -4.54. The molecule has 0 atom stereocenters. The zero-order chi connectivity index (χ0) is 19.5. The normalized spacial score (nSPS) is 11.0. The molecule has 0 saturated heterocycles. The van der Waals surface area contributed by atoms with Crippen molar-refractivity contribution in [3.63, 3.8) is 0 Å². The highest BCUT2D eigenvalue weighted by Crippen LogP contribution is 2.36. The number of alkyl halides is 3. The molecule has 9 heteroatoms. The van der Waals surface area contributed by atoms with E-state index in [1.54, 1.807) is 0 Å². The van der Waals surface area contributed by atoms with Crippen molar-refractivity contribution < 1.29 is 36.7 Å². The summed E-state index contributed by atoms with van der Waals surface area (Å²) in [6.45, 7) is 0. The third-order valence-electron chi connectivity index (χ3n) is 3.28. The van der Waals surface area contributed by atoms with E-state index in [4.69, 9.17) is 16.0 Å². The van der Waals surface area contributed by atoms with Crippen molar-refractivity contribution in [1.82, 2.24) is 0 Å². The van der Waals surface area contributed by atoms with E-state index < -0.39 is 29.3 Å². The topological polar surface area (TPSA) is 65.7 Å². The number of rotatable bonds is 4. The molecule has 0 bridgehead atoms. The van der Waals surface area contributed by atoms with E-state index in [-0.39, 0.29) is 22.1 Å². The lowest BCUT2D eigenvalue weighted by molar-refractivity contribution is -0.144. The van der Waals surface area contributed by atoms with Gasteiger partial charge >= 0.3 is 18.1 Å². The minimum Gasteiger partial charge on any atom is -0.465 e. The van der Waals surface area contributed by atoms with E-state index in [1.807, 2.05) is 0 Å². The second-order valence-electron chi connectivity index (χ2n) is 4.94. The number of carbonyl (C=O) groups is 2. The maximum absolute atomic E-state index is 12.9. The number of hydrogen-bond acceptors (Lipinski definition) is 5. The minimum absolute atomic E-state index is 0.0128. The van der Waals surface area contributed by atoms with Crippen molar-refractivity contribution in [1.29, 1.82) is 0 Å². The standard InChI is InChI=1S/C17H12ClF3O5/c1-24-15(22)12(16(23)25-2)8-10-4-6-14(26-10)11-7-9(17(19,20)21)3-5-13(11)18/h3-8H,1-2H3. The Labute approximate surface area is 150 Å². The van der Waals surface area contributed by atoms with Crippen molar-refractivity contribution >= 4 is 29.6 Å². The molecular formula is C17H12ClF3O5. The zero-order valence-electron chi connectivity index (χ0n) is 13.5. The average Bonchev–Trinajstić information content (AvgIpc) is 3.06. The van der Waals surface area contributed by atoms with Crippen LogP contribution in [0.5, 0.6) is 0 Å². The molecule has 1 aromatic carbocycles. The number of esters is 2. The first kappa shape index (κ1) is 19.6. The Morgan fingerprint density at radius 1 is 1.08 bits per heavy atom. The highest BCUT2D eigenvalue weighted by molar-refractivity contribution is 6.33. The number of halogens is 4. The Bertz CT molecular complexity index is 850. The quantitative estimate of drug-likeness (QED) is 0.337. The van der Waals surface area contributed by atoms with Gasteiger partial charge in [0.25, 0.3) is 0 Å². The summed E-state index contributed by atoms with van der Waals surface area (Å²) < 4.78 is 52.9. The summed E-state index contributed by atoms with van der Waals surface area (Å²) in [6.07, 6.45) is -3.49. The Kier molecular flexibility index (Phi) is 5.76. The zero-order valence-corrected chi connectivity index (χ0v) is 14.3. The number of ether oxygens (including phenoxy) is 2. The van der Waals surface area contributed by atoms with Gasteiger partial charge in [-0.05, 0) is 30.3 Å². The summed E-state index contributed by atoms with van der Waals surface area (Å²) in [4.78, 5) is 23.2. The van der Waals surface area contributed by atoms with E-state index in [0.717, 1.165) is 38.5 Å². The van der Waals surface area contributed by atoms with Crippen molar-refractivity contribution in [3.8, 4) is 11.3 Å². The van der Waals surface area contributed by atoms with Gasteiger partial charge in [0.2, 0.25) is 0 Å². The molecule has 0 unspecified atom stereocenters. The smallest absolute Gasteiger partial charge is 0.416 e. The Hall–Kier alpha value is -2.74. The van der Waals surface area contributed by atoms with Gasteiger partial charge < -0.3 is 13.9 Å². The molecule has 0 aliphatic carbocycles. The highest BCUT2D eigenvalue weighted by atomic mass is 35.5. The molecule has 0 amide bonds. The largest absolute Gasteiger partial charge is 0.465 e. The summed E-state index contributed by atoms with van der Waals surface area (Å²) in [6, 6.07) is 5.52. The van der Waals surface area contributed by atoms with E-state index in [2.05, 4.69) is 9.47 Å². The molecule has 0 radical (unpaired) electrons. The Morgan fingerprint density at radius 2 is 1.69 bits per heavy atom. The van der Waals surface area contributed by atoms with Gasteiger partial charge in [0.05, 0.1) is 24.8 Å². The summed E-state index contributed by atoms with van der Waals surface area (Å²) in [5.74, 6) is -1.85. The first-order valence-corrected chi connectivity index (χ1v) is 7.40. The van der Waals surface area contributed by atoms with Gasteiger partial charge in [-0.2, -0.15) is 13.2 Å². The van der Waals surface area contributed by atoms with Gasteiger partial charge in [0.1, 0.15) is 17.1 Å². The SMILES string of the molecule is COC(=O)C(=Cc1ccc(-c2cc(C(F)(F)F)ccc2Cl)o1)C(=O)OC. The Balaban J connectivity index is 2.45. The Morgan fingerprint density at radius 3 is 2.23 bits per heavy atom. The van der Waals surface area contributed by atoms with Crippen LogP contribution in [0.2, 0.25) is 5.02 Å². The molecular weight excluding hydrogens is 377 g/mol. The van der Waals surface area contributed by atoms with E-state index in [0.29, 0.717) is 0 Å².